The maximum Gasteiger partial charge on any atom is 0.119 e. The molecule has 1 aromatic carbocycles. The Bertz CT molecular complexity index is 341. The summed E-state index contributed by atoms with van der Waals surface area (Å²) in [5.41, 5.74) is 1.23. The van der Waals surface area contributed by atoms with Crippen molar-refractivity contribution < 1.29 is 9.84 Å². The van der Waals surface area contributed by atoms with Crippen LogP contribution in [0.15, 0.2) is 24.3 Å². The van der Waals surface area contributed by atoms with E-state index >= 15 is 0 Å². The topological polar surface area (TPSA) is 41.5 Å². The van der Waals surface area contributed by atoms with Crippen LogP contribution in [0, 0.1) is 5.92 Å². The second kappa shape index (κ2) is 8.11. The second-order valence-corrected chi connectivity index (χ2v) is 4.75. The van der Waals surface area contributed by atoms with Gasteiger partial charge in [-0.2, -0.15) is 0 Å². The molecule has 0 heterocycles. The lowest BCUT2D eigenvalue weighted by atomic mass is 10.1. The first kappa shape index (κ1) is 15.0. The molecule has 18 heavy (non-hydrogen) atoms. The number of hydrogen-bond donors (Lipinski definition) is 2. The molecule has 1 aromatic rings. The molecular weight excluding hydrogens is 226 g/mol. The molecule has 0 aromatic heterocycles. The predicted octanol–water partition coefficient (Wildman–Crippen LogP) is 2.75. The Kier molecular flexibility index (Phi) is 6.76. The van der Waals surface area contributed by atoms with Gasteiger partial charge in [0.1, 0.15) is 5.75 Å². The molecule has 0 amide bonds. The summed E-state index contributed by atoms with van der Waals surface area (Å²) in [6.45, 7) is 8.16. The number of aliphatic hydroxyl groups excluding tert-OH is 1. The van der Waals surface area contributed by atoms with Crippen LogP contribution in [-0.2, 0) is 0 Å². The van der Waals surface area contributed by atoms with Crippen molar-refractivity contribution in [3.63, 3.8) is 0 Å². The van der Waals surface area contributed by atoms with Crippen LogP contribution in [0.2, 0.25) is 0 Å². The normalized spacial score (nSPS) is 14.2. The summed E-state index contributed by atoms with van der Waals surface area (Å²) in [5, 5.41) is 12.4. The minimum atomic E-state index is 0.261. The number of hydrogen-bond acceptors (Lipinski definition) is 3. The molecule has 3 heteroatoms. The van der Waals surface area contributed by atoms with E-state index in [0.717, 1.165) is 18.7 Å². The molecule has 0 radical (unpaired) electrons. The zero-order valence-electron chi connectivity index (χ0n) is 11.6. The lowest BCUT2D eigenvalue weighted by molar-refractivity contribution is 0.258. The lowest BCUT2D eigenvalue weighted by Crippen LogP contribution is -2.25. The zero-order chi connectivity index (χ0) is 13.4. The fourth-order valence-corrected chi connectivity index (χ4v) is 1.86. The first-order valence-electron chi connectivity index (χ1n) is 6.74. The van der Waals surface area contributed by atoms with E-state index in [4.69, 9.17) is 9.84 Å². The Morgan fingerprint density at radius 1 is 1.33 bits per heavy atom. The molecule has 0 fully saturated rings. The highest BCUT2D eigenvalue weighted by molar-refractivity contribution is 5.30. The van der Waals surface area contributed by atoms with Gasteiger partial charge in [-0.25, -0.2) is 0 Å². The quantitative estimate of drug-likeness (QED) is 0.746. The Morgan fingerprint density at radius 3 is 2.78 bits per heavy atom. The first-order chi connectivity index (χ1) is 8.67. The van der Waals surface area contributed by atoms with Crippen LogP contribution in [-0.4, -0.2) is 24.9 Å². The fourth-order valence-electron chi connectivity index (χ4n) is 1.86. The van der Waals surface area contributed by atoms with Crippen LogP contribution >= 0.6 is 0 Å². The summed E-state index contributed by atoms with van der Waals surface area (Å²) in [7, 11) is 0. The average Bonchev–Trinajstić information content (AvgIpc) is 2.37. The lowest BCUT2D eigenvalue weighted by Gasteiger charge is -2.18. The van der Waals surface area contributed by atoms with E-state index < -0.39 is 0 Å². The highest BCUT2D eigenvalue weighted by atomic mass is 16.5. The van der Waals surface area contributed by atoms with Crippen LogP contribution in [0.5, 0.6) is 5.75 Å². The molecule has 0 aliphatic heterocycles. The number of ether oxygens (including phenoxy) is 1. The maximum absolute atomic E-state index is 8.87. The van der Waals surface area contributed by atoms with Crippen LogP contribution in [0.3, 0.4) is 0 Å². The molecular formula is C15H25NO2. The van der Waals surface area contributed by atoms with Gasteiger partial charge >= 0.3 is 0 Å². The van der Waals surface area contributed by atoms with Gasteiger partial charge in [0.05, 0.1) is 6.61 Å². The van der Waals surface area contributed by atoms with Gasteiger partial charge in [-0.3, -0.25) is 0 Å². The van der Waals surface area contributed by atoms with E-state index in [2.05, 4.69) is 31.3 Å². The minimum absolute atomic E-state index is 0.261. The van der Waals surface area contributed by atoms with Crippen molar-refractivity contribution >= 4 is 0 Å². The van der Waals surface area contributed by atoms with E-state index in [1.807, 2.05) is 19.1 Å². The molecule has 3 nitrogen and oxygen atoms in total. The fraction of sp³-hybridized carbons (Fsp3) is 0.600. The molecule has 1 rings (SSSR count). The van der Waals surface area contributed by atoms with E-state index in [9.17, 15) is 0 Å². The Labute approximate surface area is 110 Å². The molecule has 102 valence electrons. The van der Waals surface area contributed by atoms with Crippen molar-refractivity contribution in [1.82, 2.24) is 5.32 Å². The zero-order valence-corrected chi connectivity index (χ0v) is 11.6. The van der Waals surface area contributed by atoms with Crippen molar-refractivity contribution in [2.45, 2.75) is 33.2 Å². The van der Waals surface area contributed by atoms with Crippen molar-refractivity contribution in [2.24, 2.45) is 5.92 Å². The summed E-state index contributed by atoms with van der Waals surface area (Å²) in [6, 6.07) is 8.49. The third kappa shape index (κ3) is 5.07. The smallest absolute Gasteiger partial charge is 0.119 e. The van der Waals surface area contributed by atoms with Crippen molar-refractivity contribution in [2.75, 3.05) is 19.8 Å². The number of aliphatic hydroxyl groups is 1. The molecule has 0 aliphatic carbocycles. The van der Waals surface area contributed by atoms with Gasteiger partial charge in [0.2, 0.25) is 0 Å². The molecule has 2 N–H and O–H groups in total. The van der Waals surface area contributed by atoms with Gasteiger partial charge < -0.3 is 15.2 Å². The summed E-state index contributed by atoms with van der Waals surface area (Å²) in [5.74, 6) is 1.42. The summed E-state index contributed by atoms with van der Waals surface area (Å²) in [6.07, 6.45) is 0.846. The summed E-state index contributed by atoms with van der Waals surface area (Å²) < 4.78 is 5.50. The van der Waals surface area contributed by atoms with Gasteiger partial charge in [-0.15, -0.1) is 0 Å². The molecule has 2 atom stereocenters. The van der Waals surface area contributed by atoms with Crippen molar-refractivity contribution in [1.29, 1.82) is 0 Å². The minimum Gasteiger partial charge on any atom is -0.494 e. The number of benzene rings is 1. The van der Waals surface area contributed by atoms with E-state index in [-0.39, 0.29) is 6.61 Å². The van der Waals surface area contributed by atoms with E-state index in [1.165, 1.54) is 5.56 Å². The van der Waals surface area contributed by atoms with Crippen LogP contribution in [0.1, 0.15) is 38.8 Å². The number of nitrogens with one attached hydrogen (secondary N) is 1. The molecule has 2 unspecified atom stereocenters. The van der Waals surface area contributed by atoms with E-state index in [0.29, 0.717) is 18.6 Å². The highest BCUT2D eigenvalue weighted by Crippen LogP contribution is 2.19. The first-order valence-corrected chi connectivity index (χ1v) is 6.74. The van der Waals surface area contributed by atoms with Crippen LogP contribution < -0.4 is 10.1 Å². The summed E-state index contributed by atoms with van der Waals surface area (Å²) in [4.78, 5) is 0. The second-order valence-electron chi connectivity index (χ2n) is 4.75. The molecule has 0 saturated carbocycles. The average molecular weight is 251 g/mol. The SMILES string of the molecule is CCOc1cccc(C(C)NCC(C)CCO)c1. The largest absolute Gasteiger partial charge is 0.494 e. The molecule has 0 aliphatic rings. The predicted molar refractivity (Wildman–Crippen MR) is 74.9 cm³/mol. The van der Waals surface area contributed by atoms with Crippen molar-refractivity contribution in [3.05, 3.63) is 29.8 Å². The van der Waals surface area contributed by atoms with Gasteiger partial charge in [0.25, 0.3) is 0 Å². The molecule has 0 saturated heterocycles. The molecule has 0 bridgehead atoms. The third-order valence-electron chi connectivity index (χ3n) is 3.06. The Balaban J connectivity index is 2.50. The summed E-state index contributed by atoms with van der Waals surface area (Å²) >= 11 is 0. The number of rotatable bonds is 8. The van der Waals surface area contributed by atoms with Crippen LogP contribution in [0.4, 0.5) is 0 Å². The molecule has 0 spiro atoms. The Hall–Kier alpha value is -1.06. The third-order valence-corrected chi connectivity index (χ3v) is 3.06. The van der Waals surface area contributed by atoms with Gasteiger partial charge in [-0.1, -0.05) is 19.1 Å². The van der Waals surface area contributed by atoms with Gasteiger partial charge in [0, 0.05) is 12.6 Å². The van der Waals surface area contributed by atoms with Gasteiger partial charge in [-0.05, 0) is 50.4 Å². The standard InChI is InChI=1S/C15H25NO2/c1-4-18-15-7-5-6-14(10-15)13(3)16-11-12(2)8-9-17/h5-7,10,12-13,16-17H,4,8-9,11H2,1-3H3. The van der Waals surface area contributed by atoms with Gasteiger partial charge in [0.15, 0.2) is 0 Å². The highest BCUT2D eigenvalue weighted by Gasteiger charge is 2.08. The monoisotopic (exact) mass is 251 g/mol. The van der Waals surface area contributed by atoms with E-state index in [1.54, 1.807) is 0 Å². The van der Waals surface area contributed by atoms with Crippen LogP contribution in [0.25, 0.3) is 0 Å². The van der Waals surface area contributed by atoms with Crippen molar-refractivity contribution in [3.8, 4) is 5.75 Å². The maximum atomic E-state index is 8.87. The Morgan fingerprint density at radius 2 is 2.11 bits per heavy atom.